The van der Waals surface area contributed by atoms with Gasteiger partial charge in [-0.15, -0.1) is 12.4 Å². The SMILES string of the molecule is Cc1cccc(C)c1OCC(=O)N1C2CCNCC1CC2.Cl. The molecule has 0 aromatic heterocycles. The summed E-state index contributed by atoms with van der Waals surface area (Å²) >= 11 is 0. The van der Waals surface area contributed by atoms with E-state index >= 15 is 0 Å². The average Bonchev–Trinajstić information content (AvgIpc) is 2.71. The van der Waals surface area contributed by atoms with Gasteiger partial charge < -0.3 is 15.0 Å². The van der Waals surface area contributed by atoms with Crippen molar-refractivity contribution in [2.45, 2.75) is 45.2 Å². The minimum atomic E-state index is 0. The maximum absolute atomic E-state index is 12.6. The molecule has 3 rings (SSSR count). The smallest absolute Gasteiger partial charge is 0.261 e. The summed E-state index contributed by atoms with van der Waals surface area (Å²) in [6.45, 7) is 6.13. The summed E-state index contributed by atoms with van der Waals surface area (Å²) in [7, 11) is 0. The van der Waals surface area contributed by atoms with E-state index in [2.05, 4.69) is 10.2 Å². The van der Waals surface area contributed by atoms with Crippen LogP contribution in [0.1, 0.15) is 30.4 Å². The highest BCUT2D eigenvalue weighted by Crippen LogP contribution is 2.28. The van der Waals surface area contributed by atoms with Gasteiger partial charge in [-0.1, -0.05) is 18.2 Å². The number of benzene rings is 1. The number of nitrogens with zero attached hydrogens (tertiary/aromatic N) is 1. The summed E-state index contributed by atoms with van der Waals surface area (Å²) < 4.78 is 5.84. The molecule has 2 saturated heterocycles. The molecule has 0 aliphatic carbocycles. The first-order valence-corrected chi connectivity index (χ1v) is 7.87. The molecule has 4 nitrogen and oxygen atoms in total. The molecule has 5 heteroatoms. The Labute approximate surface area is 138 Å². The number of carbonyl (C=O) groups excluding carboxylic acids is 1. The van der Waals surface area contributed by atoms with Crippen molar-refractivity contribution in [3.05, 3.63) is 29.3 Å². The third-order valence-electron chi connectivity index (χ3n) is 4.69. The van der Waals surface area contributed by atoms with Crippen LogP contribution in [0.5, 0.6) is 5.75 Å². The van der Waals surface area contributed by atoms with Gasteiger partial charge in [0.05, 0.1) is 0 Å². The van der Waals surface area contributed by atoms with E-state index in [0.717, 1.165) is 49.2 Å². The fourth-order valence-electron chi connectivity index (χ4n) is 3.62. The Morgan fingerprint density at radius 3 is 2.64 bits per heavy atom. The number of fused-ring (bicyclic) bond motifs is 2. The lowest BCUT2D eigenvalue weighted by atomic mass is 10.1. The second-order valence-electron chi connectivity index (χ2n) is 6.19. The van der Waals surface area contributed by atoms with Gasteiger partial charge >= 0.3 is 0 Å². The molecule has 2 aliphatic rings. The fourth-order valence-corrected chi connectivity index (χ4v) is 3.62. The van der Waals surface area contributed by atoms with E-state index in [4.69, 9.17) is 4.74 Å². The van der Waals surface area contributed by atoms with E-state index in [0.29, 0.717) is 12.1 Å². The van der Waals surface area contributed by atoms with E-state index in [1.165, 1.54) is 0 Å². The van der Waals surface area contributed by atoms with Crippen molar-refractivity contribution in [2.24, 2.45) is 0 Å². The molecular weight excluding hydrogens is 300 g/mol. The van der Waals surface area contributed by atoms with Crippen molar-refractivity contribution in [2.75, 3.05) is 19.7 Å². The van der Waals surface area contributed by atoms with Crippen molar-refractivity contribution in [3.63, 3.8) is 0 Å². The Hall–Kier alpha value is -1.26. The number of para-hydroxylation sites is 1. The van der Waals surface area contributed by atoms with E-state index in [1.54, 1.807) is 0 Å². The quantitative estimate of drug-likeness (QED) is 0.928. The molecule has 2 bridgehead atoms. The summed E-state index contributed by atoms with van der Waals surface area (Å²) in [5.74, 6) is 0.986. The Morgan fingerprint density at radius 2 is 1.91 bits per heavy atom. The zero-order valence-corrected chi connectivity index (χ0v) is 14.1. The largest absolute Gasteiger partial charge is 0.483 e. The summed E-state index contributed by atoms with van der Waals surface area (Å²) in [4.78, 5) is 14.7. The lowest BCUT2D eigenvalue weighted by molar-refractivity contribution is -0.136. The molecule has 1 aromatic rings. The third kappa shape index (κ3) is 3.39. The Balaban J connectivity index is 0.00000176. The highest BCUT2D eigenvalue weighted by Gasteiger charge is 2.37. The van der Waals surface area contributed by atoms with Crippen LogP contribution < -0.4 is 10.1 Å². The lowest BCUT2D eigenvalue weighted by Gasteiger charge is -2.28. The number of amides is 1. The number of hydrogen-bond acceptors (Lipinski definition) is 3. The summed E-state index contributed by atoms with van der Waals surface area (Å²) in [5, 5.41) is 3.42. The minimum absolute atomic E-state index is 0. The highest BCUT2D eigenvalue weighted by atomic mass is 35.5. The van der Waals surface area contributed by atoms with Gasteiger partial charge in [-0.25, -0.2) is 0 Å². The maximum atomic E-state index is 12.6. The molecule has 1 N–H and O–H groups in total. The number of halogens is 1. The van der Waals surface area contributed by atoms with E-state index in [-0.39, 0.29) is 24.9 Å². The molecule has 22 heavy (non-hydrogen) atoms. The Kier molecular flexibility index (Phi) is 5.70. The van der Waals surface area contributed by atoms with Gasteiger partial charge in [0.25, 0.3) is 5.91 Å². The molecule has 1 aromatic carbocycles. The van der Waals surface area contributed by atoms with E-state index < -0.39 is 0 Å². The summed E-state index contributed by atoms with van der Waals surface area (Å²) in [6, 6.07) is 6.81. The van der Waals surface area contributed by atoms with Gasteiger partial charge in [0, 0.05) is 18.6 Å². The molecule has 1 amide bonds. The fraction of sp³-hybridized carbons (Fsp3) is 0.588. The molecule has 2 aliphatic heterocycles. The van der Waals surface area contributed by atoms with Gasteiger partial charge in [0.2, 0.25) is 0 Å². The topological polar surface area (TPSA) is 41.6 Å². The van der Waals surface area contributed by atoms with Gasteiger partial charge in [0.15, 0.2) is 6.61 Å². The summed E-state index contributed by atoms with van der Waals surface area (Å²) in [5.41, 5.74) is 2.17. The maximum Gasteiger partial charge on any atom is 0.261 e. The first-order valence-electron chi connectivity index (χ1n) is 7.87. The Morgan fingerprint density at radius 1 is 1.23 bits per heavy atom. The van der Waals surface area contributed by atoms with Crippen molar-refractivity contribution >= 4 is 18.3 Å². The highest BCUT2D eigenvalue weighted by molar-refractivity contribution is 5.85. The van der Waals surface area contributed by atoms with Crippen LogP contribution in [-0.4, -0.2) is 42.6 Å². The molecular formula is C17H25ClN2O2. The van der Waals surface area contributed by atoms with Crippen LogP contribution in [0.2, 0.25) is 0 Å². The van der Waals surface area contributed by atoms with E-state index in [1.807, 2.05) is 32.0 Å². The summed E-state index contributed by atoms with van der Waals surface area (Å²) in [6.07, 6.45) is 3.32. The third-order valence-corrected chi connectivity index (χ3v) is 4.69. The molecule has 0 saturated carbocycles. The first-order chi connectivity index (χ1) is 10.2. The van der Waals surface area contributed by atoms with Crippen LogP contribution in [-0.2, 0) is 4.79 Å². The lowest BCUT2D eigenvalue weighted by Crippen LogP contribution is -2.44. The van der Waals surface area contributed by atoms with Crippen molar-refractivity contribution in [3.8, 4) is 5.75 Å². The number of ether oxygens (including phenoxy) is 1. The second kappa shape index (κ2) is 7.34. The standard InChI is InChI=1S/C17H24N2O2.ClH/c1-12-4-3-5-13(2)17(12)21-11-16(20)19-14-6-7-15(19)10-18-9-8-14;/h3-5,14-15,18H,6-11H2,1-2H3;1H. The number of carbonyl (C=O) groups is 1. The average molecular weight is 325 g/mol. The Bertz CT molecular complexity index is 501. The number of nitrogens with one attached hydrogen (secondary N) is 1. The first kappa shape index (κ1) is 17.1. The number of hydrogen-bond donors (Lipinski definition) is 1. The minimum Gasteiger partial charge on any atom is -0.483 e. The predicted octanol–water partition coefficient (Wildman–Crippen LogP) is 2.46. The zero-order valence-electron chi connectivity index (χ0n) is 13.3. The van der Waals surface area contributed by atoms with Gasteiger partial charge in [0.1, 0.15) is 5.75 Å². The van der Waals surface area contributed by atoms with Crippen molar-refractivity contribution < 1.29 is 9.53 Å². The van der Waals surface area contributed by atoms with Crippen LogP contribution in [0, 0.1) is 13.8 Å². The zero-order chi connectivity index (χ0) is 14.8. The van der Waals surface area contributed by atoms with Crippen molar-refractivity contribution in [1.82, 2.24) is 10.2 Å². The monoisotopic (exact) mass is 324 g/mol. The molecule has 2 atom stereocenters. The second-order valence-corrected chi connectivity index (χ2v) is 6.19. The molecule has 2 fully saturated rings. The van der Waals surface area contributed by atoms with Crippen LogP contribution in [0.25, 0.3) is 0 Å². The predicted molar refractivity (Wildman–Crippen MR) is 89.8 cm³/mol. The van der Waals surface area contributed by atoms with Crippen LogP contribution in [0.4, 0.5) is 0 Å². The van der Waals surface area contributed by atoms with Gasteiger partial charge in [-0.05, 0) is 50.8 Å². The number of rotatable bonds is 3. The van der Waals surface area contributed by atoms with Gasteiger partial charge in [-0.2, -0.15) is 0 Å². The molecule has 0 spiro atoms. The molecule has 2 unspecified atom stereocenters. The molecule has 2 heterocycles. The molecule has 0 radical (unpaired) electrons. The van der Waals surface area contributed by atoms with Crippen LogP contribution in [0.3, 0.4) is 0 Å². The molecule has 122 valence electrons. The number of aryl methyl sites for hydroxylation is 2. The van der Waals surface area contributed by atoms with Crippen molar-refractivity contribution in [1.29, 1.82) is 0 Å². The van der Waals surface area contributed by atoms with Gasteiger partial charge in [-0.3, -0.25) is 4.79 Å². The van der Waals surface area contributed by atoms with Crippen LogP contribution >= 0.6 is 12.4 Å². The van der Waals surface area contributed by atoms with Crippen LogP contribution in [0.15, 0.2) is 18.2 Å². The van der Waals surface area contributed by atoms with E-state index in [9.17, 15) is 4.79 Å². The normalized spacial score (nSPS) is 23.6.